The van der Waals surface area contributed by atoms with Gasteiger partial charge in [-0.2, -0.15) is 0 Å². The molecule has 1 aromatic rings. The number of rotatable bonds is 9. The zero-order valence-electron chi connectivity index (χ0n) is 12.6. The summed E-state index contributed by atoms with van der Waals surface area (Å²) >= 11 is 0. The molecular formula is C15H25FN2O2. The summed E-state index contributed by atoms with van der Waals surface area (Å²) in [6.45, 7) is 5.02. The molecule has 1 unspecified atom stereocenters. The second kappa shape index (κ2) is 8.89. The van der Waals surface area contributed by atoms with Gasteiger partial charge in [0.2, 0.25) is 0 Å². The van der Waals surface area contributed by atoms with Crippen molar-refractivity contribution in [2.45, 2.75) is 19.4 Å². The molecule has 1 aromatic carbocycles. The molecule has 0 saturated heterocycles. The highest BCUT2D eigenvalue weighted by molar-refractivity contribution is 5.37. The molecule has 0 saturated carbocycles. The number of halogens is 1. The van der Waals surface area contributed by atoms with E-state index in [9.17, 15) is 4.39 Å². The molecule has 0 radical (unpaired) electrons. The lowest BCUT2D eigenvalue weighted by Gasteiger charge is -2.21. The lowest BCUT2D eigenvalue weighted by molar-refractivity contribution is 0.121. The van der Waals surface area contributed by atoms with Gasteiger partial charge in [0.05, 0.1) is 13.7 Å². The fourth-order valence-corrected chi connectivity index (χ4v) is 2.04. The van der Waals surface area contributed by atoms with Crippen LogP contribution in [0.4, 0.5) is 4.39 Å². The Labute approximate surface area is 120 Å². The highest BCUT2D eigenvalue weighted by Gasteiger charge is 2.17. The predicted octanol–water partition coefficient (Wildman–Crippen LogP) is 2.19. The molecule has 1 atom stereocenters. The quantitative estimate of drug-likeness (QED) is 0.706. The first kappa shape index (κ1) is 16.9. The number of likely N-dealkylation sites (N-methyl/N-ethyl adjacent to an activating group) is 1. The Morgan fingerprint density at radius 2 is 2.10 bits per heavy atom. The van der Waals surface area contributed by atoms with Crippen LogP contribution in [0.15, 0.2) is 18.2 Å². The maximum atomic E-state index is 13.9. The van der Waals surface area contributed by atoms with Crippen molar-refractivity contribution in [1.82, 2.24) is 4.90 Å². The van der Waals surface area contributed by atoms with Gasteiger partial charge < -0.3 is 20.1 Å². The van der Waals surface area contributed by atoms with Gasteiger partial charge in [-0.15, -0.1) is 0 Å². The summed E-state index contributed by atoms with van der Waals surface area (Å²) in [6, 6.07) is 4.40. The van der Waals surface area contributed by atoms with Crippen molar-refractivity contribution in [3.63, 3.8) is 0 Å². The van der Waals surface area contributed by atoms with Gasteiger partial charge >= 0.3 is 0 Å². The number of ether oxygens (including phenoxy) is 2. The molecule has 0 aromatic heterocycles. The van der Waals surface area contributed by atoms with Crippen LogP contribution < -0.4 is 10.5 Å². The normalized spacial score (nSPS) is 12.7. The SMILES string of the molecule is CCOCCN(C)CCC(N)c1c(F)cccc1OC. The highest BCUT2D eigenvalue weighted by Crippen LogP contribution is 2.28. The number of hydrogen-bond donors (Lipinski definition) is 1. The van der Waals surface area contributed by atoms with Crippen molar-refractivity contribution >= 4 is 0 Å². The summed E-state index contributed by atoms with van der Waals surface area (Å²) in [4.78, 5) is 2.13. The van der Waals surface area contributed by atoms with Crippen molar-refractivity contribution in [2.75, 3.05) is 40.5 Å². The Morgan fingerprint density at radius 1 is 1.35 bits per heavy atom. The Kier molecular flexibility index (Phi) is 7.51. The summed E-state index contributed by atoms with van der Waals surface area (Å²) in [5, 5.41) is 0. The van der Waals surface area contributed by atoms with Crippen LogP contribution in [0.2, 0.25) is 0 Å². The molecule has 20 heavy (non-hydrogen) atoms. The van der Waals surface area contributed by atoms with E-state index in [4.69, 9.17) is 15.2 Å². The number of nitrogens with two attached hydrogens (primary N) is 1. The third kappa shape index (κ3) is 5.07. The summed E-state index contributed by atoms with van der Waals surface area (Å²) in [7, 11) is 3.53. The van der Waals surface area contributed by atoms with E-state index < -0.39 is 0 Å². The first-order valence-corrected chi connectivity index (χ1v) is 6.94. The van der Waals surface area contributed by atoms with Gasteiger partial charge in [0.25, 0.3) is 0 Å². The van der Waals surface area contributed by atoms with Gasteiger partial charge in [0, 0.05) is 24.8 Å². The lowest BCUT2D eigenvalue weighted by atomic mass is 10.0. The Hall–Kier alpha value is -1.17. The van der Waals surface area contributed by atoms with E-state index in [1.54, 1.807) is 12.1 Å². The van der Waals surface area contributed by atoms with E-state index in [0.29, 0.717) is 24.3 Å². The average molecular weight is 284 g/mol. The molecule has 0 fully saturated rings. The van der Waals surface area contributed by atoms with E-state index >= 15 is 0 Å². The van der Waals surface area contributed by atoms with Crippen LogP contribution in [-0.2, 0) is 4.74 Å². The molecule has 0 aliphatic rings. The number of benzene rings is 1. The highest BCUT2D eigenvalue weighted by atomic mass is 19.1. The van der Waals surface area contributed by atoms with Crippen LogP contribution in [-0.4, -0.2) is 45.4 Å². The third-order valence-electron chi connectivity index (χ3n) is 3.25. The molecule has 0 aliphatic carbocycles. The van der Waals surface area contributed by atoms with Crippen LogP contribution in [0, 0.1) is 5.82 Å². The van der Waals surface area contributed by atoms with Crippen molar-refractivity contribution in [3.05, 3.63) is 29.6 Å². The van der Waals surface area contributed by atoms with E-state index in [1.807, 2.05) is 14.0 Å². The smallest absolute Gasteiger partial charge is 0.131 e. The fraction of sp³-hybridized carbons (Fsp3) is 0.600. The molecule has 0 spiro atoms. The van der Waals surface area contributed by atoms with Crippen molar-refractivity contribution in [3.8, 4) is 5.75 Å². The zero-order valence-corrected chi connectivity index (χ0v) is 12.6. The summed E-state index contributed by atoms with van der Waals surface area (Å²) in [5.74, 6) is 0.197. The molecule has 0 amide bonds. The van der Waals surface area contributed by atoms with E-state index in [2.05, 4.69) is 4.90 Å². The van der Waals surface area contributed by atoms with Crippen LogP contribution >= 0.6 is 0 Å². The maximum Gasteiger partial charge on any atom is 0.131 e. The molecule has 1 rings (SSSR count). The van der Waals surface area contributed by atoms with Gasteiger partial charge in [0.15, 0.2) is 0 Å². The van der Waals surface area contributed by atoms with Crippen LogP contribution in [0.1, 0.15) is 24.9 Å². The predicted molar refractivity (Wildman–Crippen MR) is 78.5 cm³/mol. The number of nitrogens with zero attached hydrogens (tertiary/aromatic N) is 1. The molecule has 2 N–H and O–H groups in total. The molecule has 0 aliphatic heterocycles. The van der Waals surface area contributed by atoms with Gasteiger partial charge in [-0.05, 0) is 39.1 Å². The first-order valence-electron chi connectivity index (χ1n) is 6.94. The largest absolute Gasteiger partial charge is 0.496 e. The third-order valence-corrected chi connectivity index (χ3v) is 3.25. The fourth-order valence-electron chi connectivity index (χ4n) is 2.04. The minimum Gasteiger partial charge on any atom is -0.496 e. The minimum absolute atomic E-state index is 0.311. The zero-order chi connectivity index (χ0) is 15.0. The van der Waals surface area contributed by atoms with Crippen molar-refractivity contribution < 1.29 is 13.9 Å². The average Bonchev–Trinajstić information content (AvgIpc) is 2.44. The number of hydrogen-bond acceptors (Lipinski definition) is 4. The van der Waals surface area contributed by atoms with Crippen molar-refractivity contribution in [1.29, 1.82) is 0 Å². The Balaban J connectivity index is 2.52. The standard InChI is InChI=1S/C15H25FN2O2/c1-4-20-11-10-18(2)9-8-13(17)15-12(16)6-5-7-14(15)19-3/h5-7,13H,4,8-11,17H2,1-3H3. The second-order valence-corrected chi connectivity index (χ2v) is 4.75. The summed E-state index contributed by atoms with van der Waals surface area (Å²) < 4.78 is 24.3. The van der Waals surface area contributed by atoms with E-state index in [0.717, 1.165) is 19.7 Å². The van der Waals surface area contributed by atoms with Crippen LogP contribution in [0.25, 0.3) is 0 Å². The molecule has 0 bridgehead atoms. The molecule has 0 heterocycles. The second-order valence-electron chi connectivity index (χ2n) is 4.75. The topological polar surface area (TPSA) is 47.7 Å². The Morgan fingerprint density at radius 3 is 2.75 bits per heavy atom. The maximum absolute atomic E-state index is 13.9. The molecule has 114 valence electrons. The van der Waals surface area contributed by atoms with Gasteiger partial charge in [-0.1, -0.05) is 6.07 Å². The van der Waals surface area contributed by atoms with Gasteiger partial charge in [-0.3, -0.25) is 0 Å². The minimum atomic E-state index is -0.374. The lowest BCUT2D eigenvalue weighted by Crippen LogP contribution is -2.27. The van der Waals surface area contributed by atoms with Crippen LogP contribution in [0.5, 0.6) is 5.75 Å². The summed E-state index contributed by atoms with van der Waals surface area (Å²) in [6.07, 6.45) is 0.667. The molecule has 5 heteroatoms. The number of methoxy groups -OCH3 is 1. The van der Waals surface area contributed by atoms with Crippen LogP contribution in [0.3, 0.4) is 0 Å². The molecular weight excluding hydrogens is 259 g/mol. The van der Waals surface area contributed by atoms with Gasteiger partial charge in [-0.25, -0.2) is 4.39 Å². The molecule has 4 nitrogen and oxygen atoms in total. The first-order chi connectivity index (χ1) is 9.60. The van der Waals surface area contributed by atoms with Crippen molar-refractivity contribution in [2.24, 2.45) is 5.73 Å². The van der Waals surface area contributed by atoms with E-state index in [-0.39, 0.29) is 11.9 Å². The monoisotopic (exact) mass is 284 g/mol. The van der Waals surface area contributed by atoms with E-state index in [1.165, 1.54) is 13.2 Å². The summed E-state index contributed by atoms with van der Waals surface area (Å²) in [5.41, 5.74) is 6.55. The van der Waals surface area contributed by atoms with Gasteiger partial charge in [0.1, 0.15) is 11.6 Å². The Bertz CT molecular complexity index is 401.